The molecule has 5 N–H and O–H groups in total. The van der Waals surface area contributed by atoms with E-state index in [0.29, 0.717) is 18.7 Å². The molecule has 1 aromatic carbocycles. The van der Waals surface area contributed by atoms with Crippen LogP contribution < -0.4 is 11.1 Å². The van der Waals surface area contributed by atoms with Crippen molar-refractivity contribution in [1.82, 2.24) is 4.98 Å². The number of phenols is 2. The minimum atomic E-state index is -0.108. The van der Waals surface area contributed by atoms with E-state index in [1.54, 1.807) is 30.6 Å². The summed E-state index contributed by atoms with van der Waals surface area (Å²) in [7, 11) is 0. The van der Waals surface area contributed by atoms with Gasteiger partial charge in [-0.25, -0.2) is 0 Å². The van der Waals surface area contributed by atoms with E-state index in [1.165, 1.54) is 6.07 Å². The second kappa shape index (κ2) is 5.27. The number of hydrogen-bond acceptors (Lipinski definition) is 5. The maximum absolute atomic E-state index is 9.36. The van der Waals surface area contributed by atoms with Crippen LogP contribution >= 0.6 is 0 Å². The van der Waals surface area contributed by atoms with Crippen molar-refractivity contribution in [1.29, 1.82) is 0 Å². The molecule has 0 saturated heterocycles. The van der Waals surface area contributed by atoms with E-state index in [2.05, 4.69) is 10.3 Å². The smallest absolute Gasteiger partial charge is 0.157 e. The average molecular weight is 245 g/mol. The number of nitrogens with two attached hydrogens (primary N) is 1. The molecule has 2 aromatic rings. The lowest BCUT2D eigenvalue weighted by atomic mass is 10.1. The molecule has 2 rings (SSSR count). The fourth-order valence-electron chi connectivity index (χ4n) is 1.62. The molecule has 0 aliphatic heterocycles. The van der Waals surface area contributed by atoms with Crippen molar-refractivity contribution in [3.63, 3.8) is 0 Å². The van der Waals surface area contributed by atoms with Gasteiger partial charge in [-0.05, 0) is 30.2 Å². The summed E-state index contributed by atoms with van der Waals surface area (Å²) in [6.45, 7) is 0.667. The van der Waals surface area contributed by atoms with Gasteiger partial charge in [-0.15, -0.1) is 0 Å². The van der Waals surface area contributed by atoms with Gasteiger partial charge in [-0.3, -0.25) is 4.98 Å². The van der Waals surface area contributed by atoms with Gasteiger partial charge < -0.3 is 21.3 Å². The average Bonchev–Trinajstić information content (AvgIpc) is 2.36. The second-order valence-electron chi connectivity index (χ2n) is 3.96. The van der Waals surface area contributed by atoms with Gasteiger partial charge in [0.2, 0.25) is 0 Å². The van der Waals surface area contributed by atoms with Gasteiger partial charge in [0.1, 0.15) is 0 Å². The second-order valence-corrected chi connectivity index (χ2v) is 3.96. The first-order chi connectivity index (χ1) is 8.66. The predicted octanol–water partition coefficient (Wildman–Crippen LogP) is 1.73. The Balaban J connectivity index is 1.92. The van der Waals surface area contributed by atoms with Gasteiger partial charge in [0.05, 0.1) is 17.6 Å². The number of aromatic hydroxyl groups is 2. The third-order valence-electron chi connectivity index (χ3n) is 2.62. The Kier molecular flexibility index (Phi) is 3.52. The molecular formula is C13H15N3O2. The highest BCUT2D eigenvalue weighted by Gasteiger charge is 2.01. The first-order valence-corrected chi connectivity index (χ1v) is 5.61. The highest BCUT2D eigenvalue weighted by molar-refractivity contribution is 5.64. The minimum Gasteiger partial charge on any atom is -0.504 e. The SMILES string of the molecule is Nc1ccncc1NCCc1ccc(O)c(O)c1. The third-order valence-corrected chi connectivity index (χ3v) is 2.62. The molecule has 0 atom stereocenters. The minimum absolute atomic E-state index is 0.103. The summed E-state index contributed by atoms with van der Waals surface area (Å²) in [5.41, 5.74) is 8.14. The van der Waals surface area contributed by atoms with Crippen LogP contribution in [0.4, 0.5) is 11.4 Å². The third kappa shape index (κ3) is 2.82. The lowest BCUT2D eigenvalue weighted by Crippen LogP contribution is -2.07. The largest absolute Gasteiger partial charge is 0.504 e. The Morgan fingerprint density at radius 3 is 2.72 bits per heavy atom. The number of anilines is 2. The summed E-state index contributed by atoms with van der Waals surface area (Å²) in [6.07, 6.45) is 4.02. The lowest BCUT2D eigenvalue weighted by Gasteiger charge is -2.08. The molecule has 1 aromatic heterocycles. The molecular weight excluding hydrogens is 230 g/mol. The van der Waals surface area contributed by atoms with Crippen molar-refractivity contribution < 1.29 is 10.2 Å². The number of nitrogens with one attached hydrogen (secondary N) is 1. The van der Waals surface area contributed by atoms with E-state index in [-0.39, 0.29) is 11.5 Å². The van der Waals surface area contributed by atoms with Crippen LogP contribution in [0.3, 0.4) is 0 Å². The number of nitrogens with zero attached hydrogens (tertiary/aromatic N) is 1. The maximum Gasteiger partial charge on any atom is 0.157 e. The van der Waals surface area contributed by atoms with Gasteiger partial charge in [0, 0.05) is 12.7 Å². The number of pyridine rings is 1. The zero-order valence-corrected chi connectivity index (χ0v) is 9.80. The normalized spacial score (nSPS) is 10.2. The molecule has 0 unspecified atom stereocenters. The van der Waals surface area contributed by atoms with Crippen molar-refractivity contribution in [2.45, 2.75) is 6.42 Å². The standard InChI is InChI=1S/C13H15N3O2/c14-10-4-5-15-8-11(10)16-6-3-9-1-2-12(17)13(18)7-9/h1-2,4-5,7-8,16-18H,3,6H2,(H2,14,15). The van der Waals surface area contributed by atoms with Crippen LogP contribution in [0.5, 0.6) is 11.5 Å². The first-order valence-electron chi connectivity index (χ1n) is 5.61. The van der Waals surface area contributed by atoms with Gasteiger partial charge >= 0.3 is 0 Å². The number of benzene rings is 1. The Bertz CT molecular complexity index is 544. The van der Waals surface area contributed by atoms with Crippen LogP contribution in [0.25, 0.3) is 0 Å². The fourth-order valence-corrected chi connectivity index (χ4v) is 1.62. The van der Waals surface area contributed by atoms with E-state index in [9.17, 15) is 10.2 Å². The van der Waals surface area contributed by atoms with Gasteiger partial charge in [-0.1, -0.05) is 6.07 Å². The maximum atomic E-state index is 9.36. The van der Waals surface area contributed by atoms with Crippen molar-refractivity contribution in [2.75, 3.05) is 17.6 Å². The van der Waals surface area contributed by atoms with Crippen molar-refractivity contribution >= 4 is 11.4 Å². The quantitative estimate of drug-likeness (QED) is 0.616. The molecule has 0 bridgehead atoms. The molecule has 5 heteroatoms. The zero-order chi connectivity index (χ0) is 13.0. The number of hydrogen-bond donors (Lipinski definition) is 4. The molecule has 0 saturated carbocycles. The molecule has 0 radical (unpaired) electrons. The van der Waals surface area contributed by atoms with Crippen molar-refractivity contribution in [2.24, 2.45) is 0 Å². The molecule has 0 aliphatic rings. The topological polar surface area (TPSA) is 91.4 Å². The number of phenolic OH excluding ortho intramolecular Hbond substituents is 2. The van der Waals surface area contributed by atoms with Crippen LogP contribution in [0.1, 0.15) is 5.56 Å². The molecule has 0 amide bonds. The fraction of sp³-hybridized carbons (Fsp3) is 0.154. The van der Waals surface area contributed by atoms with Crippen LogP contribution in [-0.4, -0.2) is 21.7 Å². The van der Waals surface area contributed by atoms with Crippen molar-refractivity contribution in [3.05, 3.63) is 42.2 Å². The number of nitrogen functional groups attached to an aromatic ring is 1. The zero-order valence-electron chi connectivity index (χ0n) is 9.80. The van der Waals surface area contributed by atoms with E-state index in [1.807, 2.05) is 0 Å². The Hall–Kier alpha value is -2.43. The highest BCUT2D eigenvalue weighted by Crippen LogP contribution is 2.25. The highest BCUT2D eigenvalue weighted by atomic mass is 16.3. The van der Waals surface area contributed by atoms with Crippen LogP contribution in [0.15, 0.2) is 36.7 Å². The summed E-state index contributed by atoms with van der Waals surface area (Å²) in [5.74, 6) is -0.211. The lowest BCUT2D eigenvalue weighted by molar-refractivity contribution is 0.403. The van der Waals surface area contributed by atoms with E-state index < -0.39 is 0 Å². The monoisotopic (exact) mass is 245 g/mol. The molecule has 1 heterocycles. The first kappa shape index (κ1) is 12.0. The van der Waals surface area contributed by atoms with E-state index in [4.69, 9.17) is 5.73 Å². The number of rotatable bonds is 4. The number of aromatic nitrogens is 1. The summed E-state index contributed by atoms with van der Waals surface area (Å²) in [5, 5.41) is 21.7. The molecule has 94 valence electrons. The molecule has 0 aliphatic carbocycles. The molecule has 0 fully saturated rings. The Morgan fingerprint density at radius 1 is 1.17 bits per heavy atom. The summed E-state index contributed by atoms with van der Waals surface area (Å²) < 4.78 is 0. The Labute approximate surface area is 105 Å². The van der Waals surface area contributed by atoms with Crippen LogP contribution in [0, 0.1) is 0 Å². The molecule has 5 nitrogen and oxygen atoms in total. The van der Waals surface area contributed by atoms with Gasteiger partial charge in [0.15, 0.2) is 11.5 Å². The molecule has 0 spiro atoms. The van der Waals surface area contributed by atoms with Gasteiger partial charge in [0.25, 0.3) is 0 Å². The van der Waals surface area contributed by atoms with Crippen LogP contribution in [0.2, 0.25) is 0 Å². The van der Waals surface area contributed by atoms with E-state index in [0.717, 1.165) is 11.3 Å². The summed E-state index contributed by atoms with van der Waals surface area (Å²) >= 11 is 0. The summed E-state index contributed by atoms with van der Waals surface area (Å²) in [4.78, 5) is 3.98. The van der Waals surface area contributed by atoms with E-state index >= 15 is 0 Å². The summed E-state index contributed by atoms with van der Waals surface area (Å²) in [6, 6.07) is 6.52. The predicted molar refractivity (Wildman–Crippen MR) is 70.6 cm³/mol. The van der Waals surface area contributed by atoms with Crippen LogP contribution in [-0.2, 0) is 6.42 Å². The molecule has 18 heavy (non-hydrogen) atoms. The van der Waals surface area contributed by atoms with Crippen molar-refractivity contribution in [3.8, 4) is 11.5 Å². The Morgan fingerprint density at radius 2 is 2.00 bits per heavy atom. The van der Waals surface area contributed by atoms with Gasteiger partial charge in [-0.2, -0.15) is 0 Å².